The first-order chi connectivity index (χ1) is 9.71. The van der Waals surface area contributed by atoms with E-state index in [-0.39, 0.29) is 23.3 Å². The molecule has 0 aliphatic carbocycles. The molecule has 2 rings (SSSR count). The van der Waals surface area contributed by atoms with Gasteiger partial charge in [-0.15, -0.1) is 0 Å². The molecule has 0 aromatic heterocycles. The van der Waals surface area contributed by atoms with E-state index in [0.717, 1.165) is 19.3 Å². The molecule has 0 spiro atoms. The summed E-state index contributed by atoms with van der Waals surface area (Å²) >= 11 is 0. The molecule has 2 saturated heterocycles. The van der Waals surface area contributed by atoms with Gasteiger partial charge in [0.25, 0.3) is 0 Å². The van der Waals surface area contributed by atoms with Crippen molar-refractivity contribution in [3.05, 3.63) is 0 Å². The fourth-order valence-corrected chi connectivity index (χ4v) is 6.49. The molecule has 0 saturated carbocycles. The van der Waals surface area contributed by atoms with Gasteiger partial charge in [-0.05, 0) is 50.0 Å². The van der Waals surface area contributed by atoms with Crippen molar-refractivity contribution in [3.8, 4) is 0 Å². The van der Waals surface area contributed by atoms with Gasteiger partial charge < -0.3 is 5.73 Å². The largest absolute Gasteiger partial charge is 0.330 e. The lowest BCUT2D eigenvalue weighted by Gasteiger charge is -2.34. The molecule has 3 unspecified atom stereocenters. The molecule has 2 fully saturated rings. The lowest BCUT2D eigenvalue weighted by Crippen LogP contribution is -2.40. The van der Waals surface area contributed by atoms with Crippen LogP contribution in [0.1, 0.15) is 25.7 Å². The van der Waals surface area contributed by atoms with Gasteiger partial charge in [-0.25, -0.2) is 21.1 Å². The summed E-state index contributed by atoms with van der Waals surface area (Å²) in [4.78, 5) is 0. The third-order valence-corrected chi connectivity index (χ3v) is 7.89. The smallest absolute Gasteiger partial charge is 0.211 e. The summed E-state index contributed by atoms with van der Waals surface area (Å²) in [6, 6.07) is 0. The molecule has 0 bridgehead atoms. The van der Waals surface area contributed by atoms with E-state index in [4.69, 9.17) is 5.73 Å². The Morgan fingerprint density at radius 3 is 2.57 bits per heavy atom. The Balaban J connectivity index is 1.96. The summed E-state index contributed by atoms with van der Waals surface area (Å²) in [5.74, 6) is 1.15. The summed E-state index contributed by atoms with van der Waals surface area (Å²) in [7, 11) is -6.02. The van der Waals surface area contributed by atoms with E-state index in [1.165, 1.54) is 6.26 Å². The van der Waals surface area contributed by atoms with Crippen molar-refractivity contribution < 1.29 is 16.8 Å². The molecular weight excluding hydrogens is 312 g/mol. The van der Waals surface area contributed by atoms with Gasteiger partial charge in [0.05, 0.1) is 17.8 Å². The van der Waals surface area contributed by atoms with E-state index < -0.39 is 19.9 Å². The fraction of sp³-hybridized carbons (Fsp3) is 1.00. The molecule has 124 valence electrons. The van der Waals surface area contributed by atoms with Gasteiger partial charge in [0.1, 0.15) is 0 Å². The maximum Gasteiger partial charge on any atom is 0.211 e. The van der Waals surface area contributed by atoms with E-state index in [9.17, 15) is 16.8 Å². The average molecular weight is 338 g/mol. The molecule has 8 heteroatoms. The Morgan fingerprint density at radius 1 is 1.33 bits per heavy atom. The number of nitrogens with zero attached hydrogens (tertiary/aromatic N) is 1. The third kappa shape index (κ3) is 4.64. The van der Waals surface area contributed by atoms with E-state index >= 15 is 0 Å². The van der Waals surface area contributed by atoms with E-state index in [1.54, 1.807) is 4.31 Å². The van der Waals surface area contributed by atoms with Crippen LogP contribution in [-0.2, 0) is 19.9 Å². The molecule has 6 nitrogen and oxygen atoms in total. The summed E-state index contributed by atoms with van der Waals surface area (Å²) < 4.78 is 48.1. The number of nitrogens with two attached hydrogens (primary N) is 1. The highest BCUT2D eigenvalue weighted by atomic mass is 32.2. The Morgan fingerprint density at radius 2 is 2.05 bits per heavy atom. The SMILES string of the molecule is CS(=O)(=O)N1CCCC(CC(CN)C2CCS(=O)(=O)C2)C1. The highest BCUT2D eigenvalue weighted by Gasteiger charge is 2.35. The van der Waals surface area contributed by atoms with Gasteiger partial charge in [-0.2, -0.15) is 0 Å². The van der Waals surface area contributed by atoms with Gasteiger partial charge in [0.2, 0.25) is 10.0 Å². The molecule has 2 aliphatic rings. The summed E-state index contributed by atoms with van der Waals surface area (Å²) in [5, 5.41) is 0. The first kappa shape index (κ1) is 17.2. The number of hydrogen-bond acceptors (Lipinski definition) is 5. The second kappa shape index (κ2) is 6.52. The molecule has 2 aliphatic heterocycles. The molecule has 3 atom stereocenters. The predicted octanol–water partition coefficient (Wildman–Crippen LogP) is 0.0577. The minimum Gasteiger partial charge on any atom is -0.330 e. The van der Waals surface area contributed by atoms with Crippen molar-refractivity contribution in [1.29, 1.82) is 0 Å². The zero-order valence-electron chi connectivity index (χ0n) is 12.6. The number of piperidine rings is 1. The highest BCUT2D eigenvalue weighted by Crippen LogP contribution is 2.32. The predicted molar refractivity (Wildman–Crippen MR) is 83.1 cm³/mol. The monoisotopic (exact) mass is 338 g/mol. The zero-order valence-corrected chi connectivity index (χ0v) is 14.2. The summed E-state index contributed by atoms with van der Waals surface area (Å²) in [5.41, 5.74) is 5.85. The quantitative estimate of drug-likeness (QED) is 0.764. The van der Waals surface area contributed by atoms with Crippen molar-refractivity contribution in [1.82, 2.24) is 4.31 Å². The van der Waals surface area contributed by atoms with Crippen LogP contribution in [0.2, 0.25) is 0 Å². The summed E-state index contributed by atoms with van der Waals surface area (Å²) in [6.07, 6.45) is 4.66. The van der Waals surface area contributed by atoms with Crippen LogP contribution in [0.4, 0.5) is 0 Å². The van der Waals surface area contributed by atoms with Crippen molar-refractivity contribution in [2.24, 2.45) is 23.5 Å². The number of sulfonamides is 1. The van der Waals surface area contributed by atoms with Crippen molar-refractivity contribution in [3.63, 3.8) is 0 Å². The van der Waals surface area contributed by atoms with Crippen LogP contribution in [0.25, 0.3) is 0 Å². The maximum atomic E-state index is 11.7. The van der Waals surface area contributed by atoms with Gasteiger partial charge >= 0.3 is 0 Å². The van der Waals surface area contributed by atoms with Crippen LogP contribution in [0, 0.1) is 17.8 Å². The second-order valence-electron chi connectivity index (χ2n) is 6.52. The van der Waals surface area contributed by atoms with Crippen LogP contribution in [0.5, 0.6) is 0 Å². The van der Waals surface area contributed by atoms with Crippen molar-refractivity contribution in [2.45, 2.75) is 25.7 Å². The fourth-order valence-electron chi connectivity index (χ4n) is 3.63. The highest BCUT2D eigenvalue weighted by molar-refractivity contribution is 7.91. The lowest BCUT2D eigenvalue weighted by molar-refractivity contribution is 0.208. The van der Waals surface area contributed by atoms with Crippen LogP contribution < -0.4 is 5.73 Å². The van der Waals surface area contributed by atoms with Gasteiger partial charge in [0, 0.05) is 13.1 Å². The van der Waals surface area contributed by atoms with Gasteiger partial charge in [-0.1, -0.05) is 0 Å². The molecule has 0 aromatic rings. The van der Waals surface area contributed by atoms with Gasteiger partial charge in [0.15, 0.2) is 9.84 Å². The van der Waals surface area contributed by atoms with Crippen molar-refractivity contribution >= 4 is 19.9 Å². The van der Waals surface area contributed by atoms with Gasteiger partial charge in [-0.3, -0.25) is 0 Å². The second-order valence-corrected chi connectivity index (χ2v) is 10.7. The van der Waals surface area contributed by atoms with E-state index in [0.29, 0.717) is 32.0 Å². The van der Waals surface area contributed by atoms with E-state index in [2.05, 4.69) is 0 Å². The standard InChI is InChI=1S/C13H26N2O4S2/c1-20(16,17)15-5-2-3-11(9-15)7-13(8-14)12-4-6-21(18,19)10-12/h11-13H,2-10,14H2,1H3. The maximum absolute atomic E-state index is 11.7. The van der Waals surface area contributed by atoms with Crippen LogP contribution in [-0.4, -0.2) is 58.5 Å². The minimum absolute atomic E-state index is 0.147. The third-order valence-electron chi connectivity index (χ3n) is 4.82. The molecule has 2 N–H and O–H groups in total. The first-order valence-electron chi connectivity index (χ1n) is 7.57. The normalized spacial score (nSPS) is 32.1. The molecule has 0 radical (unpaired) electrons. The first-order valence-corrected chi connectivity index (χ1v) is 11.2. The molecule has 0 aromatic carbocycles. The topological polar surface area (TPSA) is 97.5 Å². The van der Waals surface area contributed by atoms with Crippen LogP contribution in [0.3, 0.4) is 0 Å². The van der Waals surface area contributed by atoms with Crippen molar-refractivity contribution in [2.75, 3.05) is 37.4 Å². The molecular formula is C13H26N2O4S2. The Hall–Kier alpha value is -0.180. The Labute approximate surface area is 128 Å². The summed E-state index contributed by atoms with van der Waals surface area (Å²) in [6.45, 7) is 1.63. The molecule has 0 amide bonds. The average Bonchev–Trinajstić information content (AvgIpc) is 2.75. The molecule has 2 heterocycles. The van der Waals surface area contributed by atoms with E-state index in [1.807, 2.05) is 0 Å². The Bertz CT molecular complexity index is 559. The lowest BCUT2D eigenvalue weighted by atomic mass is 9.81. The minimum atomic E-state index is -3.13. The number of sulfone groups is 1. The number of rotatable bonds is 5. The Kier molecular flexibility index (Phi) is 5.33. The zero-order chi connectivity index (χ0) is 15.7. The van der Waals surface area contributed by atoms with Crippen LogP contribution in [0.15, 0.2) is 0 Å². The number of hydrogen-bond donors (Lipinski definition) is 1. The molecule has 21 heavy (non-hydrogen) atoms. The van der Waals surface area contributed by atoms with Crippen LogP contribution >= 0.6 is 0 Å².